The van der Waals surface area contributed by atoms with Crippen molar-refractivity contribution in [3.05, 3.63) is 70.8 Å². The maximum absolute atomic E-state index is 15.0. The lowest BCUT2D eigenvalue weighted by Gasteiger charge is -2.43. The van der Waals surface area contributed by atoms with Gasteiger partial charge in [-0.2, -0.15) is 0 Å². The minimum absolute atomic E-state index is 0.162. The van der Waals surface area contributed by atoms with Gasteiger partial charge in [0.25, 0.3) is 0 Å². The second-order valence-corrected chi connectivity index (χ2v) is 21.1. The fraction of sp³-hybridized carbons (Fsp3) is 0.786. The molecule has 2 aromatic rings. The number of hydrogen-bond donors (Lipinski definition) is 0. The molecule has 4 fully saturated rings. The smallest absolute Gasteiger partial charge is 0.159 e. The Morgan fingerprint density at radius 1 is 0.393 bits per heavy atom. The molecule has 0 heterocycles. The first-order chi connectivity index (χ1) is 29.8. The van der Waals surface area contributed by atoms with E-state index in [1.807, 2.05) is 0 Å². The Morgan fingerprint density at radius 2 is 0.705 bits per heavy atom. The molecule has 0 amide bonds. The summed E-state index contributed by atoms with van der Waals surface area (Å²) in [5.41, 5.74) is 1.34. The van der Waals surface area contributed by atoms with Gasteiger partial charge in [-0.25, -0.2) is 17.6 Å². The predicted octanol–water partition coefficient (Wildman–Crippen LogP) is 18.5. The van der Waals surface area contributed by atoms with Gasteiger partial charge in [0.2, 0.25) is 0 Å². The quantitative estimate of drug-likeness (QED) is 0.0755. The lowest BCUT2D eigenvalue weighted by molar-refractivity contribution is -0.0937. The van der Waals surface area contributed by atoms with E-state index in [9.17, 15) is 17.6 Å². The normalized spacial score (nSPS) is 28.4. The molecular weight excluding hydrogens is 765 g/mol. The van der Waals surface area contributed by atoms with E-state index in [0.29, 0.717) is 23.0 Å². The van der Waals surface area contributed by atoms with Gasteiger partial charge in [0, 0.05) is 0 Å². The van der Waals surface area contributed by atoms with Crippen LogP contribution in [0.1, 0.15) is 243 Å². The number of halogens is 4. The monoisotopic (exact) mass is 851 g/mol. The molecule has 0 N–H and O–H groups in total. The second-order valence-electron chi connectivity index (χ2n) is 21.1. The summed E-state index contributed by atoms with van der Waals surface area (Å²) < 4.78 is 65.9. The molecule has 4 aliphatic carbocycles. The number of ether oxygens (including phenoxy) is 1. The van der Waals surface area contributed by atoms with Crippen molar-refractivity contribution in [3.8, 4) is 0 Å². The predicted molar refractivity (Wildman–Crippen MR) is 246 cm³/mol. The Labute approximate surface area is 370 Å². The highest BCUT2D eigenvalue weighted by molar-refractivity contribution is 5.24. The number of rotatable bonds is 24. The van der Waals surface area contributed by atoms with Crippen molar-refractivity contribution in [3.63, 3.8) is 0 Å². The Hall–Kier alpha value is -1.88. The molecule has 0 aromatic heterocycles. The van der Waals surface area contributed by atoms with Crippen molar-refractivity contribution < 1.29 is 22.3 Å². The van der Waals surface area contributed by atoms with Crippen molar-refractivity contribution in [2.45, 2.75) is 232 Å². The maximum Gasteiger partial charge on any atom is 0.159 e. The topological polar surface area (TPSA) is 9.23 Å². The Bertz CT molecular complexity index is 1380. The average molecular weight is 851 g/mol. The molecule has 2 aromatic carbocycles. The summed E-state index contributed by atoms with van der Waals surface area (Å²) in [4.78, 5) is 0. The van der Waals surface area contributed by atoms with Crippen LogP contribution in [0.4, 0.5) is 17.6 Å². The van der Waals surface area contributed by atoms with Gasteiger partial charge in [-0.05, 0) is 160 Å². The van der Waals surface area contributed by atoms with Crippen molar-refractivity contribution >= 4 is 0 Å². The summed E-state index contributed by atoms with van der Waals surface area (Å²) in [5.74, 6) is 1.73. The molecule has 0 spiro atoms. The number of hydrogen-bond acceptors (Lipinski definition) is 1. The fourth-order valence-electron chi connectivity index (χ4n) is 13.0. The molecule has 0 bridgehead atoms. The Balaban J connectivity index is 1.04. The summed E-state index contributed by atoms with van der Waals surface area (Å²) in [6.07, 6.45) is 40.7. The van der Waals surface area contributed by atoms with E-state index in [1.54, 1.807) is 12.1 Å². The summed E-state index contributed by atoms with van der Waals surface area (Å²) in [6.45, 7) is 4.57. The van der Waals surface area contributed by atoms with Gasteiger partial charge in [-0.1, -0.05) is 154 Å². The maximum atomic E-state index is 15.0. The zero-order valence-corrected chi connectivity index (χ0v) is 38.8. The summed E-state index contributed by atoms with van der Waals surface area (Å²) in [6, 6.07) is 8.54. The lowest BCUT2D eigenvalue weighted by atomic mass is 9.67. The number of benzene rings is 2. The average Bonchev–Trinajstić information content (AvgIpc) is 3.29. The van der Waals surface area contributed by atoms with Gasteiger partial charge in [0.05, 0.1) is 12.2 Å². The minimum Gasteiger partial charge on any atom is -0.365 e. The van der Waals surface area contributed by atoms with Gasteiger partial charge >= 0.3 is 0 Å². The molecule has 6 rings (SSSR count). The van der Waals surface area contributed by atoms with Crippen molar-refractivity contribution in [1.82, 2.24) is 0 Å². The molecule has 4 saturated carbocycles. The van der Waals surface area contributed by atoms with Crippen LogP contribution < -0.4 is 0 Å². The first-order valence-corrected chi connectivity index (χ1v) is 26.4. The second kappa shape index (κ2) is 26.2. The molecule has 0 saturated heterocycles. The van der Waals surface area contributed by atoms with Gasteiger partial charge in [0.15, 0.2) is 23.3 Å². The highest BCUT2D eigenvalue weighted by Gasteiger charge is 2.39. The van der Waals surface area contributed by atoms with E-state index in [2.05, 4.69) is 13.8 Å². The molecule has 61 heavy (non-hydrogen) atoms. The fourth-order valence-corrected chi connectivity index (χ4v) is 13.0. The third-order valence-electron chi connectivity index (χ3n) is 16.9. The molecule has 2 unspecified atom stereocenters. The molecule has 4 aliphatic rings. The standard InChI is InChI=1S/C56H86F4O/c1-3-5-7-9-11-13-15-17-41-19-23-43(24-20-41)45-27-31-47(32-28-45)55(49-35-37-51(57)53(59)39-49)61-56(50-36-38-52(58)54(60)40-50)48-33-29-46(30-34-48)44-25-21-42(22-26-44)18-16-14-12-10-8-6-4-2/h35-48,55-56H,3-34H2,1-2H3. The van der Waals surface area contributed by atoms with E-state index in [4.69, 9.17) is 4.74 Å². The Kier molecular flexibility index (Phi) is 20.8. The first-order valence-electron chi connectivity index (χ1n) is 26.4. The van der Waals surface area contributed by atoms with Crippen LogP contribution >= 0.6 is 0 Å². The molecule has 0 aliphatic heterocycles. The van der Waals surface area contributed by atoms with Crippen molar-refractivity contribution in [2.24, 2.45) is 47.3 Å². The van der Waals surface area contributed by atoms with Crippen molar-refractivity contribution in [1.29, 1.82) is 0 Å². The van der Waals surface area contributed by atoms with Crippen LogP contribution in [0, 0.1) is 70.6 Å². The van der Waals surface area contributed by atoms with E-state index in [0.717, 1.165) is 75.0 Å². The molecule has 0 radical (unpaired) electrons. The zero-order valence-electron chi connectivity index (χ0n) is 38.8. The SMILES string of the molecule is CCCCCCCCCC1CCC(C2CCC(C(OC(c3ccc(F)c(F)c3)C3CCC(C4CCC(CCCCCCCCC)CC4)CC3)c3ccc(F)c(F)c3)CC2)CC1. The lowest BCUT2D eigenvalue weighted by Crippen LogP contribution is -2.31. The van der Waals surface area contributed by atoms with E-state index < -0.39 is 35.5 Å². The van der Waals surface area contributed by atoms with Crippen LogP contribution in [-0.2, 0) is 4.74 Å². The van der Waals surface area contributed by atoms with Crippen LogP contribution in [0.2, 0.25) is 0 Å². The highest BCUT2D eigenvalue weighted by Crippen LogP contribution is 2.50. The van der Waals surface area contributed by atoms with E-state index in [1.165, 1.54) is 178 Å². The molecular formula is C56H86F4O. The third kappa shape index (κ3) is 15.1. The van der Waals surface area contributed by atoms with Crippen LogP contribution in [0.25, 0.3) is 0 Å². The van der Waals surface area contributed by atoms with E-state index in [-0.39, 0.29) is 11.8 Å². The van der Waals surface area contributed by atoms with Gasteiger partial charge in [0.1, 0.15) is 0 Å². The van der Waals surface area contributed by atoms with E-state index >= 15 is 0 Å². The first kappa shape index (κ1) is 48.6. The third-order valence-corrected chi connectivity index (χ3v) is 16.9. The molecule has 2 atom stereocenters. The summed E-state index contributed by atoms with van der Waals surface area (Å²) >= 11 is 0. The highest BCUT2D eigenvalue weighted by atomic mass is 19.2. The Morgan fingerprint density at radius 3 is 1.03 bits per heavy atom. The molecule has 344 valence electrons. The van der Waals surface area contributed by atoms with Crippen LogP contribution in [0.5, 0.6) is 0 Å². The number of unbranched alkanes of at least 4 members (excludes halogenated alkanes) is 12. The van der Waals surface area contributed by atoms with Gasteiger partial charge < -0.3 is 4.74 Å². The van der Waals surface area contributed by atoms with Crippen LogP contribution in [0.15, 0.2) is 36.4 Å². The van der Waals surface area contributed by atoms with Gasteiger partial charge in [-0.3, -0.25) is 0 Å². The largest absolute Gasteiger partial charge is 0.365 e. The van der Waals surface area contributed by atoms with Gasteiger partial charge in [-0.15, -0.1) is 0 Å². The van der Waals surface area contributed by atoms with Crippen molar-refractivity contribution in [2.75, 3.05) is 0 Å². The van der Waals surface area contributed by atoms with Crippen LogP contribution in [-0.4, -0.2) is 0 Å². The zero-order chi connectivity index (χ0) is 42.8. The molecule has 1 nitrogen and oxygen atoms in total. The van der Waals surface area contributed by atoms with Crippen LogP contribution in [0.3, 0.4) is 0 Å². The molecule has 5 heteroatoms. The minimum atomic E-state index is -0.852. The summed E-state index contributed by atoms with van der Waals surface area (Å²) in [7, 11) is 0. The summed E-state index contributed by atoms with van der Waals surface area (Å²) in [5, 5.41) is 0.